The summed E-state index contributed by atoms with van der Waals surface area (Å²) < 4.78 is 10.5. The number of halogens is 1. The van der Waals surface area contributed by atoms with Crippen molar-refractivity contribution in [3.05, 3.63) is 28.8 Å². The topological polar surface area (TPSA) is 61.6 Å². The zero-order valence-corrected chi connectivity index (χ0v) is 10.1. The van der Waals surface area contributed by atoms with E-state index >= 15 is 0 Å². The predicted octanol–water partition coefficient (Wildman–Crippen LogP) is 2.26. The molecule has 1 heterocycles. The molecule has 1 aliphatic rings. The van der Waals surface area contributed by atoms with Crippen molar-refractivity contribution in [3.8, 4) is 0 Å². The Morgan fingerprint density at radius 2 is 2.12 bits per heavy atom. The quantitative estimate of drug-likeness (QED) is 0.650. The molecule has 0 aromatic heterocycles. The van der Waals surface area contributed by atoms with E-state index in [0.29, 0.717) is 29.5 Å². The molecule has 0 unspecified atom stereocenters. The number of anilines is 1. The van der Waals surface area contributed by atoms with Crippen LogP contribution in [0.3, 0.4) is 0 Å². The van der Waals surface area contributed by atoms with Crippen molar-refractivity contribution in [1.82, 2.24) is 0 Å². The molecule has 0 spiro atoms. The maximum atomic E-state index is 11.9. The molecule has 0 saturated carbocycles. The zero-order chi connectivity index (χ0) is 12.3. The highest BCUT2D eigenvalue weighted by Gasteiger charge is 2.20. The minimum Gasteiger partial charge on any atom is -0.459 e. The van der Waals surface area contributed by atoms with Gasteiger partial charge in [0.2, 0.25) is 0 Å². The van der Waals surface area contributed by atoms with Crippen LogP contribution >= 0.6 is 11.6 Å². The Labute approximate surface area is 105 Å². The van der Waals surface area contributed by atoms with Gasteiger partial charge in [-0.15, -0.1) is 0 Å². The van der Waals surface area contributed by atoms with Crippen LogP contribution in [0.1, 0.15) is 23.2 Å². The number of hydrogen-bond acceptors (Lipinski definition) is 4. The number of ether oxygens (including phenoxy) is 2. The van der Waals surface area contributed by atoms with Crippen molar-refractivity contribution in [1.29, 1.82) is 0 Å². The Morgan fingerprint density at radius 1 is 1.41 bits per heavy atom. The van der Waals surface area contributed by atoms with Gasteiger partial charge in [-0.25, -0.2) is 4.79 Å². The minimum atomic E-state index is -0.401. The van der Waals surface area contributed by atoms with Crippen LogP contribution in [0.25, 0.3) is 0 Å². The van der Waals surface area contributed by atoms with E-state index in [1.807, 2.05) is 0 Å². The van der Waals surface area contributed by atoms with E-state index in [4.69, 9.17) is 26.8 Å². The summed E-state index contributed by atoms with van der Waals surface area (Å²) in [5.41, 5.74) is 6.44. The standard InChI is InChI=1S/C12H14ClNO3/c13-11-7-8(14)1-2-10(11)12(15)17-9-3-5-16-6-4-9/h1-2,7,9H,3-6,14H2. The average molecular weight is 256 g/mol. The second-order valence-corrected chi connectivity index (χ2v) is 4.36. The van der Waals surface area contributed by atoms with E-state index in [9.17, 15) is 4.79 Å². The van der Waals surface area contributed by atoms with E-state index in [0.717, 1.165) is 12.8 Å². The van der Waals surface area contributed by atoms with Crippen molar-refractivity contribution in [2.75, 3.05) is 18.9 Å². The molecule has 0 radical (unpaired) electrons. The molecule has 1 aromatic rings. The Bertz CT molecular complexity index is 416. The highest BCUT2D eigenvalue weighted by Crippen LogP contribution is 2.21. The van der Waals surface area contributed by atoms with Gasteiger partial charge in [0.1, 0.15) is 6.10 Å². The smallest absolute Gasteiger partial charge is 0.339 e. The molecule has 1 aromatic carbocycles. The summed E-state index contributed by atoms with van der Waals surface area (Å²) in [4.78, 5) is 11.9. The summed E-state index contributed by atoms with van der Waals surface area (Å²) >= 11 is 5.94. The van der Waals surface area contributed by atoms with Crippen LogP contribution < -0.4 is 5.73 Å². The third-order valence-corrected chi connectivity index (χ3v) is 2.97. The van der Waals surface area contributed by atoms with Crippen molar-refractivity contribution in [3.63, 3.8) is 0 Å². The Balaban J connectivity index is 2.03. The van der Waals surface area contributed by atoms with Crippen LogP contribution in [0.2, 0.25) is 5.02 Å². The average Bonchev–Trinajstić information content (AvgIpc) is 2.30. The summed E-state index contributed by atoms with van der Waals surface area (Å²) in [5.74, 6) is -0.401. The Hall–Kier alpha value is -1.26. The van der Waals surface area contributed by atoms with Crippen LogP contribution in [-0.4, -0.2) is 25.3 Å². The lowest BCUT2D eigenvalue weighted by Gasteiger charge is -2.22. The van der Waals surface area contributed by atoms with Gasteiger partial charge in [0.05, 0.1) is 23.8 Å². The van der Waals surface area contributed by atoms with Gasteiger partial charge in [-0.2, -0.15) is 0 Å². The second kappa shape index (κ2) is 5.38. The molecule has 0 atom stereocenters. The molecule has 0 aliphatic carbocycles. The Kier molecular flexibility index (Phi) is 3.86. The van der Waals surface area contributed by atoms with Gasteiger partial charge >= 0.3 is 5.97 Å². The maximum absolute atomic E-state index is 11.9. The number of nitrogen functional groups attached to an aromatic ring is 1. The van der Waals surface area contributed by atoms with Crippen LogP contribution in [0, 0.1) is 0 Å². The summed E-state index contributed by atoms with van der Waals surface area (Å²) in [5, 5.41) is 0.321. The highest BCUT2D eigenvalue weighted by molar-refractivity contribution is 6.33. The van der Waals surface area contributed by atoms with E-state index in [1.165, 1.54) is 0 Å². The molecule has 92 valence electrons. The normalized spacial score (nSPS) is 16.8. The summed E-state index contributed by atoms with van der Waals surface area (Å²) in [6, 6.07) is 4.76. The van der Waals surface area contributed by atoms with Crippen molar-refractivity contribution >= 4 is 23.3 Å². The third kappa shape index (κ3) is 3.11. The fourth-order valence-corrected chi connectivity index (χ4v) is 1.97. The molecular formula is C12H14ClNO3. The van der Waals surface area contributed by atoms with E-state index in [-0.39, 0.29) is 6.10 Å². The van der Waals surface area contributed by atoms with Crippen LogP contribution in [0.15, 0.2) is 18.2 Å². The number of carbonyl (C=O) groups is 1. The van der Waals surface area contributed by atoms with E-state index in [1.54, 1.807) is 18.2 Å². The van der Waals surface area contributed by atoms with E-state index in [2.05, 4.69) is 0 Å². The van der Waals surface area contributed by atoms with Crippen LogP contribution in [-0.2, 0) is 9.47 Å². The molecule has 0 bridgehead atoms. The molecule has 17 heavy (non-hydrogen) atoms. The van der Waals surface area contributed by atoms with E-state index < -0.39 is 5.97 Å². The lowest BCUT2D eigenvalue weighted by molar-refractivity contribution is -0.0159. The largest absolute Gasteiger partial charge is 0.459 e. The molecule has 1 fully saturated rings. The number of rotatable bonds is 2. The molecule has 0 amide bonds. The van der Waals surface area contributed by atoms with Gasteiger partial charge in [0.25, 0.3) is 0 Å². The maximum Gasteiger partial charge on any atom is 0.339 e. The van der Waals surface area contributed by atoms with Gasteiger partial charge in [0.15, 0.2) is 0 Å². The first-order valence-electron chi connectivity index (χ1n) is 5.50. The van der Waals surface area contributed by atoms with Gasteiger partial charge < -0.3 is 15.2 Å². The third-order valence-electron chi connectivity index (χ3n) is 2.66. The highest BCUT2D eigenvalue weighted by atomic mass is 35.5. The molecule has 1 saturated heterocycles. The van der Waals surface area contributed by atoms with Gasteiger partial charge in [0, 0.05) is 18.5 Å². The SMILES string of the molecule is Nc1ccc(C(=O)OC2CCOCC2)c(Cl)c1. The van der Waals surface area contributed by atoms with Crippen LogP contribution in [0.5, 0.6) is 0 Å². The van der Waals surface area contributed by atoms with Crippen molar-refractivity contribution in [2.45, 2.75) is 18.9 Å². The monoisotopic (exact) mass is 255 g/mol. The number of hydrogen-bond donors (Lipinski definition) is 1. The lowest BCUT2D eigenvalue weighted by Crippen LogP contribution is -2.26. The molecule has 4 nitrogen and oxygen atoms in total. The second-order valence-electron chi connectivity index (χ2n) is 3.96. The predicted molar refractivity (Wildman–Crippen MR) is 65.1 cm³/mol. The fourth-order valence-electron chi connectivity index (χ4n) is 1.71. The lowest BCUT2D eigenvalue weighted by atomic mass is 10.1. The Morgan fingerprint density at radius 3 is 2.76 bits per heavy atom. The number of carbonyl (C=O) groups excluding carboxylic acids is 1. The number of nitrogens with two attached hydrogens (primary N) is 1. The minimum absolute atomic E-state index is 0.0788. The van der Waals surface area contributed by atoms with Crippen molar-refractivity contribution < 1.29 is 14.3 Å². The first kappa shape index (κ1) is 12.2. The van der Waals surface area contributed by atoms with Crippen molar-refractivity contribution in [2.24, 2.45) is 0 Å². The number of benzene rings is 1. The molecule has 5 heteroatoms. The van der Waals surface area contributed by atoms with Crippen LogP contribution in [0.4, 0.5) is 5.69 Å². The first-order valence-corrected chi connectivity index (χ1v) is 5.88. The molecule has 2 N–H and O–H groups in total. The van der Waals surface area contributed by atoms with Gasteiger partial charge in [-0.05, 0) is 18.2 Å². The van der Waals surface area contributed by atoms with Gasteiger partial charge in [-0.1, -0.05) is 11.6 Å². The fraction of sp³-hybridized carbons (Fsp3) is 0.417. The molecule has 2 rings (SSSR count). The van der Waals surface area contributed by atoms with Gasteiger partial charge in [-0.3, -0.25) is 0 Å². The first-order chi connectivity index (χ1) is 8.16. The molecular weight excluding hydrogens is 242 g/mol. The zero-order valence-electron chi connectivity index (χ0n) is 9.32. The number of esters is 1. The summed E-state index contributed by atoms with van der Waals surface area (Å²) in [6.07, 6.45) is 1.39. The summed E-state index contributed by atoms with van der Waals surface area (Å²) in [7, 11) is 0. The summed E-state index contributed by atoms with van der Waals surface area (Å²) in [6.45, 7) is 1.26. The molecule has 1 aliphatic heterocycles.